The molecule has 2 heterocycles. The molecule has 0 unspecified atom stereocenters. The highest BCUT2D eigenvalue weighted by molar-refractivity contribution is 5.98. The van der Waals surface area contributed by atoms with Gasteiger partial charge in [0.05, 0.1) is 11.4 Å². The summed E-state index contributed by atoms with van der Waals surface area (Å²) >= 11 is 0. The van der Waals surface area contributed by atoms with Gasteiger partial charge in [0, 0.05) is 18.1 Å². The quantitative estimate of drug-likeness (QED) is 0.825. The second-order valence-corrected chi connectivity index (χ2v) is 6.28. The van der Waals surface area contributed by atoms with Crippen molar-refractivity contribution in [3.63, 3.8) is 0 Å². The van der Waals surface area contributed by atoms with Gasteiger partial charge in [0.25, 0.3) is 5.56 Å². The Morgan fingerprint density at radius 2 is 2.17 bits per heavy atom. The van der Waals surface area contributed by atoms with Gasteiger partial charge in [-0.2, -0.15) is 9.78 Å². The van der Waals surface area contributed by atoms with Crippen LogP contribution in [0.1, 0.15) is 56.8 Å². The number of H-pyrrole nitrogens is 1. The molecule has 0 atom stereocenters. The van der Waals surface area contributed by atoms with Crippen molar-refractivity contribution in [2.45, 2.75) is 45.4 Å². The monoisotopic (exact) mass is 327 g/mol. The average Bonchev–Trinajstić information content (AvgIpc) is 3.28. The number of allylic oxidation sites excluding steroid dienone is 1. The number of nitrogens with zero attached hydrogens (tertiary/aromatic N) is 3. The van der Waals surface area contributed by atoms with E-state index in [1.54, 1.807) is 13.0 Å². The molecule has 1 aliphatic rings. The summed E-state index contributed by atoms with van der Waals surface area (Å²) in [5.41, 5.74) is 1.35. The Bertz CT molecular complexity index is 843. The Hall–Kier alpha value is -2.70. The Morgan fingerprint density at radius 1 is 1.42 bits per heavy atom. The Morgan fingerprint density at radius 3 is 2.79 bits per heavy atom. The van der Waals surface area contributed by atoms with Gasteiger partial charge in [-0.1, -0.05) is 19.9 Å². The van der Waals surface area contributed by atoms with E-state index in [2.05, 4.69) is 20.4 Å². The van der Waals surface area contributed by atoms with Gasteiger partial charge in [-0.15, -0.1) is 0 Å². The minimum atomic E-state index is -0.247. The van der Waals surface area contributed by atoms with E-state index in [1.165, 1.54) is 16.8 Å². The van der Waals surface area contributed by atoms with E-state index in [0.29, 0.717) is 23.4 Å². The summed E-state index contributed by atoms with van der Waals surface area (Å²) in [4.78, 5) is 31.0. The minimum absolute atomic E-state index is 0.116. The number of anilines is 1. The van der Waals surface area contributed by atoms with Gasteiger partial charge < -0.3 is 5.32 Å². The normalized spacial score (nSPS) is 14.5. The first-order valence-corrected chi connectivity index (χ1v) is 8.13. The van der Waals surface area contributed by atoms with E-state index in [1.807, 2.05) is 19.9 Å². The van der Waals surface area contributed by atoms with Crippen molar-refractivity contribution in [3.05, 3.63) is 46.0 Å². The third-order valence-electron chi connectivity index (χ3n) is 3.83. The van der Waals surface area contributed by atoms with E-state index in [9.17, 15) is 9.59 Å². The standard InChI is InChI=1S/C17H21N5O2/c1-4-5-15(23)19-14-8-13(11-6-7-11)21-22(14)17-18-12(10(2)3)9-16(24)20-17/h4-5,8-11H,6-7H2,1-3H3,(H,19,23)(H,18,20,24)/b5-4-. The minimum Gasteiger partial charge on any atom is -0.307 e. The fourth-order valence-electron chi connectivity index (χ4n) is 2.41. The molecule has 0 aliphatic heterocycles. The van der Waals surface area contributed by atoms with Gasteiger partial charge in [-0.25, -0.2) is 4.98 Å². The maximum atomic E-state index is 11.9. The summed E-state index contributed by atoms with van der Waals surface area (Å²) in [5.74, 6) is 1.11. The van der Waals surface area contributed by atoms with Crippen LogP contribution in [0, 0.1) is 0 Å². The van der Waals surface area contributed by atoms with Crippen LogP contribution in [0.4, 0.5) is 5.82 Å². The Balaban J connectivity index is 2.05. The lowest BCUT2D eigenvalue weighted by molar-refractivity contribution is -0.111. The van der Waals surface area contributed by atoms with Gasteiger partial charge in [0.1, 0.15) is 5.82 Å². The van der Waals surface area contributed by atoms with E-state index in [-0.39, 0.29) is 17.4 Å². The molecule has 7 heteroatoms. The first kappa shape index (κ1) is 16.2. The van der Waals surface area contributed by atoms with E-state index >= 15 is 0 Å². The van der Waals surface area contributed by atoms with Crippen LogP contribution in [0.15, 0.2) is 29.1 Å². The first-order valence-electron chi connectivity index (χ1n) is 8.13. The number of aromatic nitrogens is 4. The Kier molecular flexibility index (Phi) is 4.33. The number of rotatable bonds is 5. The molecule has 2 N–H and O–H groups in total. The van der Waals surface area contributed by atoms with Crippen molar-refractivity contribution >= 4 is 11.7 Å². The van der Waals surface area contributed by atoms with Gasteiger partial charge in [-0.3, -0.25) is 14.6 Å². The predicted octanol–water partition coefficient (Wildman–Crippen LogP) is 2.47. The van der Waals surface area contributed by atoms with Gasteiger partial charge in [-0.05, 0) is 31.8 Å². The van der Waals surface area contributed by atoms with Crippen molar-refractivity contribution in [2.24, 2.45) is 0 Å². The third kappa shape index (κ3) is 3.45. The zero-order valence-electron chi connectivity index (χ0n) is 14.0. The topological polar surface area (TPSA) is 92.7 Å². The van der Waals surface area contributed by atoms with Crippen LogP contribution in [-0.4, -0.2) is 25.7 Å². The summed E-state index contributed by atoms with van der Waals surface area (Å²) in [6.45, 7) is 5.72. The lowest BCUT2D eigenvalue weighted by atomic mass is 10.1. The molecule has 1 fully saturated rings. The fraction of sp³-hybridized carbons (Fsp3) is 0.412. The molecule has 1 saturated carbocycles. The van der Waals surface area contributed by atoms with Crippen LogP contribution in [0.25, 0.3) is 5.95 Å². The van der Waals surface area contributed by atoms with Crippen LogP contribution in [0.5, 0.6) is 0 Å². The molecule has 0 saturated heterocycles. The number of carbonyl (C=O) groups is 1. The van der Waals surface area contributed by atoms with Gasteiger partial charge >= 0.3 is 0 Å². The van der Waals surface area contributed by atoms with Crippen molar-refractivity contribution in [1.29, 1.82) is 0 Å². The van der Waals surface area contributed by atoms with Crippen LogP contribution in [0.3, 0.4) is 0 Å². The molecular formula is C17H21N5O2. The number of nitrogens with one attached hydrogen (secondary N) is 2. The van der Waals surface area contributed by atoms with Crippen LogP contribution < -0.4 is 10.9 Å². The van der Waals surface area contributed by atoms with Crippen molar-refractivity contribution in [3.8, 4) is 5.95 Å². The SMILES string of the molecule is C/C=C\C(=O)Nc1cc(C2CC2)nn1-c1nc(C(C)C)cc(=O)[nH]1. The first-order chi connectivity index (χ1) is 11.5. The number of aromatic amines is 1. The zero-order valence-corrected chi connectivity index (χ0v) is 14.0. The molecular weight excluding hydrogens is 306 g/mol. The maximum Gasteiger partial charge on any atom is 0.252 e. The molecule has 0 aromatic carbocycles. The van der Waals surface area contributed by atoms with Gasteiger partial charge in [0.2, 0.25) is 11.9 Å². The average molecular weight is 327 g/mol. The highest BCUT2D eigenvalue weighted by Gasteiger charge is 2.28. The predicted molar refractivity (Wildman–Crippen MR) is 91.5 cm³/mol. The fourth-order valence-corrected chi connectivity index (χ4v) is 2.41. The second-order valence-electron chi connectivity index (χ2n) is 6.28. The molecule has 7 nitrogen and oxygen atoms in total. The largest absolute Gasteiger partial charge is 0.307 e. The zero-order chi connectivity index (χ0) is 17.3. The van der Waals surface area contributed by atoms with E-state index in [0.717, 1.165) is 18.5 Å². The molecule has 2 aromatic heterocycles. The highest BCUT2D eigenvalue weighted by Crippen LogP contribution is 2.40. The lowest BCUT2D eigenvalue weighted by Gasteiger charge is -2.09. The lowest BCUT2D eigenvalue weighted by Crippen LogP contribution is -2.18. The molecule has 0 spiro atoms. The summed E-state index contributed by atoms with van der Waals surface area (Å²) in [6.07, 6.45) is 5.29. The van der Waals surface area contributed by atoms with Crippen LogP contribution in [-0.2, 0) is 4.79 Å². The summed E-state index contributed by atoms with van der Waals surface area (Å²) in [7, 11) is 0. The smallest absolute Gasteiger partial charge is 0.252 e. The maximum absolute atomic E-state index is 11.9. The van der Waals surface area contributed by atoms with Crippen LogP contribution >= 0.6 is 0 Å². The summed E-state index contributed by atoms with van der Waals surface area (Å²) < 4.78 is 1.50. The van der Waals surface area contributed by atoms with Crippen molar-refractivity contribution in [2.75, 3.05) is 5.32 Å². The molecule has 1 aliphatic carbocycles. The second kappa shape index (κ2) is 6.43. The molecule has 3 rings (SSSR count). The molecule has 126 valence electrons. The molecule has 0 bridgehead atoms. The number of carbonyl (C=O) groups excluding carboxylic acids is 1. The van der Waals surface area contributed by atoms with Crippen LogP contribution in [0.2, 0.25) is 0 Å². The summed E-state index contributed by atoms with van der Waals surface area (Å²) in [6, 6.07) is 3.33. The highest BCUT2D eigenvalue weighted by atomic mass is 16.1. The van der Waals surface area contributed by atoms with Crippen molar-refractivity contribution < 1.29 is 4.79 Å². The summed E-state index contributed by atoms with van der Waals surface area (Å²) in [5, 5.41) is 7.34. The third-order valence-corrected chi connectivity index (χ3v) is 3.83. The molecule has 24 heavy (non-hydrogen) atoms. The number of amides is 1. The Labute approximate surface area is 139 Å². The number of hydrogen-bond donors (Lipinski definition) is 2. The van der Waals surface area contributed by atoms with Crippen molar-refractivity contribution in [1.82, 2.24) is 19.7 Å². The number of hydrogen-bond acceptors (Lipinski definition) is 4. The van der Waals surface area contributed by atoms with E-state index in [4.69, 9.17) is 0 Å². The molecule has 0 radical (unpaired) electrons. The van der Waals surface area contributed by atoms with Gasteiger partial charge in [0.15, 0.2) is 0 Å². The molecule has 2 aromatic rings. The van der Waals surface area contributed by atoms with E-state index < -0.39 is 0 Å². The molecule has 1 amide bonds.